The standard InChI is InChI=1S/C17H17FN4O3S/c1-10(2)26(24,25)22-15-7-6-13(9-14(15)21-17(22)19)20-16(23)11-4-3-5-12(18)8-11/h3-10H,1-2H3,(H2,19,21)(H,20,23). The van der Waals surface area contributed by atoms with Crippen molar-refractivity contribution < 1.29 is 17.6 Å². The molecule has 0 aliphatic heterocycles. The second-order valence-electron chi connectivity index (χ2n) is 6.00. The summed E-state index contributed by atoms with van der Waals surface area (Å²) in [5.74, 6) is -1.16. The van der Waals surface area contributed by atoms with Crippen molar-refractivity contribution in [2.24, 2.45) is 0 Å². The maximum Gasteiger partial charge on any atom is 0.255 e. The van der Waals surface area contributed by atoms with E-state index in [1.807, 2.05) is 0 Å². The van der Waals surface area contributed by atoms with Crippen LogP contribution in [0.25, 0.3) is 11.0 Å². The molecule has 1 amide bonds. The van der Waals surface area contributed by atoms with Gasteiger partial charge in [0, 0.05) is 11.3 Å². The van der Waals surface area contributed by atoms with Gasteiger partial charge in [0.2, 0.25) is 16.0 Å². The van der Waals surface area contributed by atoms with Crippen LogP contribution in [0.2, 0.25) is 0 Å². The van der Waals surface area contributed by atoms with Gasteiger partial charge in [-0.1, -0.05) is 6.07 Å². The fourth-order valence-electron chi connectivity index (χ4n) is 2.47. The number of amides is 1. The van der Waals surface area contributed by atoms with Gasteiger partial charge in [0.05, 0.1) is 16.3 Å². The van der Waals surface area contributed by atoms with E-state index in [1.54, 1.807) is 13.8 Å². The number of hydrogen-bond donors (Lipinski definition) is 2. The number of halogens is 1. The van der Waals surface area contributed by atoms with E-state index >= 15 is 0 Å². The van der Waals surface area contributed by atoms with E-state index in [4.69, 9.17) is 5.73 Å². The third-order valence-electron chi connectivity index (χ3n) is 3.83. The molecule has 136 valence electrons. The molecule has 0 saturated heterocycles. The lowest BCUT2D eigenvalue weighted by Gasteiger charge is -2.11. The van der Waals surface area contributed by atoms with Gasteiger partial charge < -0.3 is 11.1 Å². The number of imidazole rings is 1. The number of hydrogen-bond acceptors (Lipinski definition) is 5. The highest BCUT2D eigenvalue weighted by Gasteiger charge is 2.24. The summed E-state index contributed by atoms with van der Waals surface area (Å²) in [7, 11) is -3.67. The molecule has 0 fully saturated rings. The molecule has 1 heterocycles. The second-order valence-corrected chi connectivity index (χ2v) is 8.33. The Morgan fingerprint density at radius 2 is 1.96 bits per heavy atom. The Kier molecular flexibility index (Phi) is 4.41. The van der Waals surface area contributed by atoms with Gasteiger partial charge in [-0.3, -0.25) is 4.79 Å². The summed E-state index contributed by atoms with van der Waals surface area (Å²) in [6.45, 7) is 3.10. The van der Waals surface area contributed by atoms with Gasteiger partial charge in [-0.15, -0.1) is 0 Å². The van der Waals surface area contributed by atoms with Gasteiger partial charge in [-0.2, -0.15) is 0 Å². The molecule has 0 aliphatic carbocycles. The van der Waals surface area contributed by atoms with Crippen molar-refractivity contribution in [3.63, 3.8) is 0 Å². The van der Waals surface area contributed by atoms with Gasteiger partial charge in [-0.25, -0.2) is 21.8 Å². The van der Waals surface area contributed by atoms with E-state index in [1.165, 1.54) is 36.4 Å². The van der Waals surface area contributed by atoms with Crippen LogP contribution in [0.5, 0.6) is 0 Å². The molecule has 7 nitrogen and oxygen atoms in total. The van der Waals surface area contributed by atoms with Crippen LogP contribution in [0.3, 0.4) is 0 Å². The van der Waals surface area contributed by atoms with E-state index in [0.29, 0.717) is 16.7 Å². The largest absolute Gasteiger partial charge is 0.368 e. The van der Waals surface area contributed by atoms with Crippen molar-refractivity contribution in [1.29, 1.82) is 0 Å². The molecule has 1 aromatic heterocycles. The fourth-order valence-corrected chi connectivity index (χ4v) is 3.62. The maximum atomic E-state index is 13.2. The number of nitrogens with one attached hydrogen (secondary N) is 1. The molecule has 3 N–H and O–H groups in total. The number of nitrogen functional groups attached to an aromatic ring is 1. The van der Waals surface area contributed by atoms with Crippen LogP contribution >= 0.6 is 0 Å². The predicted octanol–water partition coefficient (Wildman–Crippen LogP) is 2.60. The molecule has 9 heteroatoms. The lowest BCUT2D eigenvalue weighted by Crippen LogP contribution is -2.23. The number of aromatic nitrogens is 2. The summed E-state index contributed by atoms with van der Waals surface area (Å²) < 4.78 is 39.1. The highest BCUT2D eigenvalue weighted by molar-refractivity contribution is 7.90. The summed E-state index contributed by atoms with van der Waals surface area (Å²) >= 11 is 0. The van der Waals surface area contributed by atoms with Crippen LogP contribution in [-0.4, -0.2) is 28.5 Å². The minimum absolute atomic E-state index is 0.151. The SMILES string of the molecule is CC(C)S(=O)(=O)n1c(N)nc2cc(NC(=O)c3cccc(F)c3)ccc21. The monoisotopic (exact) mass is 376 g/mol. The first-order chi connectivity index (χ1) is 12.2. The molecular formula is C17H17FN4O3S. The number of nitrogens with zero attached hydrogens (tertiary/aromatic N) is 2. The molecule has 0 saturated carbocycles. The highest BCUT2D eigenvalue weighted by Crippen LogP contribution is 2.25. The number of benzene rings is 2. The van der Waals surface area contributed by atoms with Gasteiger partial charge >= 0.3 is 0 Å². The Bertz CT molecular complexity index is 1110. The van der Waals surface area contributed by atoms with Crippen molar-refractivity contribution in [2.45, 2.75) is 19.1 Å². The lowest BCUT2D eigenvalue weighted by atomic mass is 10.2. The van der Waals surface area contributed by atoms with Crippen LogP contribution in [0, 0.1) is 5.82 Å². The van der Waals surface area contributed by atoms with E-state index in [0.717, 1.165) is 10.0 Å². The fraction of sp³-hybridized carbons (Fsp3) is 0.176. The van der Waals surface area contributed by atoms with Crippen LogP contribution in [-0.2, 0) is 10.0 Å². The molecule has 2 aromatic carbocycles. The lowest BCUT2D eigenvalue weighted by molar-refractivity contribution is 0.102. The molecule has 0 bridgehead atoms. The van der Waals surface area contributed by atoms with Gasteiger partial charge in [0.1, 0.15) is 5.82 Å². The molecule has 0 atom stereocenters. The Morgan fingerprint density at radius 3 is 2.62 bits per heavy atom. The molecule has 0 spiro atoms. The van der Waals surface area contributed by atoms with E-state index in [9.17, 15) is 17.6 Å². The Labute approximate surface area is 149 Å². The van der Waals surface area contributed by atoms with Crippen molar-refractivity contribution in [3.05, 3.63) is 53.8 Å². The minimum atomic E-state index is -3.67. The molecule has 26 heavy (non-hydrogen) atoms. The number of rotatable bonds is 4. The Morgan fingerprint density at radius 1 is 1.23 bits per heavy atom. The van der Waals surface area contributed by atoms with E-state index in [2.05, 4.69) is 10.3 Å². The molecule has 3 rings (SSSR count). The second kappa shape index (κ2) is 6.41. The Balaban J connectivity index is 1.97. The van der Waals surface area contributed by atoms with Crippen molar-refractivity contribution in [1.82, 2.24) is 8.96 Å². The zero-order valence-electron chi connectivity index (χ0n) is 14.1. The number of nitrogens with two attached hydrogens (primary N) is 1. The topological polar surface area (TPSA) is 107 Å². The summed E-state index contributed by atoms with van der Waals surface area (Å²) in [6.07, 6.45) is 0. The molecule has 0 radical (unpaired) electrons. The van der Waals surface area contributed by atoms with Crippen LogP contribution < -0.4 is 11.1 Å². The molecule has 3 aromatic rings. The first-order valence-corrected chi connectivity index (χ1v) is 9.30. The predicted molar refractivity (Wildman–Crippen MR) is 98.0 cm³/mol. The third-order valence-corrected chi connectivity index (χ3v) is 5.92. The number of carbonyl (C=O) groups is 1. The van der Waals surface area contributed by atoms with Gasteiger partial charge in [-0.05, 0) is 50.2 Å². The summed E-state index contributed by atoms with van der Waals surface area (Å²) in [4.78, 5) is 16.3. The average Bonchev–Trinajstić information content (AvgIpc) is 2.90. The Hall–Kier alpha value is -2.94. The van der Waals surface area contributed by atoms with E-state index < -0.39 is 27.0 Å². The van der Waals surface area contributed by atoms with Crippen molar-refractivity contribution in [2.75, 3.05) is 11.1 Å². The summed E-state index contributed by atoms with van der Waals surface area (Å²) in [5, 5.41) is 1.95. The quantitative estimate of drug-likeness (QED) is 0.728. The normalized spacial score (nSPS) is 11.8. The number of fused-ring (bicyclic) bond motifs is 1. The van der Waals surface area contributed by atoms with Crippen LogP contribution in [0.15, 0.2) is 42.5 Å². The van der Waals surface area contributed by atoms with E-state index in [-0.39, 0.29) is 11.5 Å². The minimum Gasteiger partial charge on any atom is -0.368 e. The third kappa shape index (κ3) is 3.13. The molecule has 0 aliphatic rings. The maximum absolute atomic E-state index is 13.2. The van der Waals surface area contributed by atoms with Gasteiger partial charge in [0.25, 0.3) is 5.91 Å². The highest BCUT2D eigenvalue weighted by atomic mass is 32.2. The number of carbonyl (C=O) groups excluding carboxylic acids is 1. The zero-order valence-corrected chi connectivity index (χ0v) is 14.9. The zero-order chi connectivity index (χ0) is 19.1. The average molecular weight is 376 g/mol. The van der Waals surface area contributed by atoms with Crippen LogP contribution in [0.4, 0.5) is 16.0 Å². The summed E-state index contributed by atoms with van der Waals surface area (Å²) in [6, 6.07) is 9.84. The van der Waals surface area contributed by atoms with Crippen molar-refractivity contribution in [3.8, 4) is 0 Å². The van der Waals surface area contributed by atoms with Crippen LogP contribution in [0.1, 0.15) is 24.2 Å². The smallest absolute Gasteiger partial charge is 0.255 e. The van der Waals surface area contributed by atoms with Gasteiger partial charge in [0.15, 0.2) is 0 Å². The number of anilines is 2. The first kappa shape index (κ1) is 17.9. The molecular weight excluding hydrogens is 359 g/mol. The first-order valence-electron chi connectivity index (χ1n) is 7.79. The van der Waals surface area contributed by atoms with Crippen molar-refractivity contribution >= 4 is 38.6 Å². The molecule has 0 unspecified atom stereocenters. The summed E-state index contributed by atoms with van der Waals surface area (Å²) in [5.41, 5.74) is 6.97.